The van der Waals surface area contributed by atoms with Gasteiger partial charge in [0, 0.05) is 6.07 Å². The van der Waals surface area contributed by atoms with Crippen molar-refractivity contribution < 1.29 is 19.2 Å². The maximum atomic E-state index is 12.5. The third-order valence-electron chi connectivity index (χ3n) is 3.26. The van der Waals surface area contributed by atoms with Gasteiger partial charge in [0.15, 0.2) is 0 Å². The molecule has 0 radical (unpaired) electrons. The third kappa shape index (κ3) is 3.62. The summed E-state index contributed by atoms with van der Waals surface area (Å²) in [4.78, 5) is 36.3. The smallest absolute Gasteiger partial charge is 0.329 e. The van der Waals surface area contributed by atoms with E-state index in [0.717, 1.165) is 11.8 Å². The van der Waals surface area contributed by atoms with Gasteiger partial charge in [-0.25, -0.2) is 4.79 Å². The number of nitro benzene ring substituents is 1. The van der Waals surface area contributed by atoms with Crippen molar-refractivity contribution in [3.8, 4) is 0 Å². The van der Waals surface area contributed by atoms with Crippen molar-refractivity contribution in [1.29, 1.82) is 0 Å². The highest BCUT2D eigenvalue weighted by Gasteiger charge is 2.39. The Morgan fingerprint density at radius 3 is 2.79 bits per heavy atom. The summed E-state index contributed by atoms with van der Waals surface area (Å²) < 4.78 is 5.12. The number of esters is 1. The highest BCUT2D eigenvalue weighted by molar-refractivity contribution is 8.26. The number of thiocarbonyl (C=S) groups is 1. The molecule has 1 saturated heterocycles. The molecule has 1 heterocycles. The first-order valence-corrected chi connectivity index (χ1v) is 8.26. The van der Waals surface area contributed by atoms with Gasteiger partial charge in [-0.05, 0) is 26.0 Å². The van der Waals surface area contributed by atoms with E-state index in [1.807, 2.05) is 0 Å². The molecule has 1 aliphatic heterocycles. The Hall–Kier alpha value is -2.26. The van der Waals surface area contributed by atoms with Crippen molar-refractivity contribution in [1.82, 2.24) is 4.90 Å². The Bertz CT molecular complexity index is 747. The topological polar surface area (TPSA) is 89.8 Å². The molecular weight excluding hydrogens is 352 g/mol. The van der Waals surface area contributed by atoms with Crippen LogP contribution in [0.5, 0.6) is 0 Å². The van der Waals surface area contributed by atoms with E-state index in [9.17, 15) is 19.7 Å². The van der Waals surface area contributed by atoms with Crippen LogP contribution in [-0.2, 0) is 14.3 Å². The molecule has 0 aromatic heterocycles. The molecule has 0 N–H and O–H groups in total. The molecule has 0 bridgehead atoms. The fraction of sp³-hybridized carbons (Fsp3) is 0.267. The number of nitro groups is 1. The second-order valence-electron chi connectivity index (χ2n) is 4.80. The summed E-state index contributed by atoms with van der Waals surface area (Å²) in [5, 5.41) is 11.1. The quantitative estimate of drug-likeness (QED) is 0.260. The first-order valence-electron chi connectivity index (χ1n) is 7.04. The van der Waals surface area contributed by atoms with E-state index in [-0.39, 0.29) is 21.5 Å². The molecule has 9 heteroatoms. The van der Waals surface area contributed by atoms with Crippen molar-refractivity contribution in [2.24, 2.45) is 0 Å². The van der Waals surface area contributed by atoms with Crippen molar-refractivity contribution in [2.45, 2.75) is 19.9 Å². The number of hydrogen-bond acceptors (Lipinski definition) is 7. The minimum Gasteiger partial charge on any atom is -0.464 e. The van der Waals surface area contributed by atoms with Gasteiger partial charge in [0.25, 0.3) is 11.6 Å². The minimum atomic E-state index is -0.853. The zero-order valence-corrected chi connectivity index (χ0v) is 14.6. The van der Waals surface area contributed by atoms with Crippen LogP contribution < -0.4 is 0 Å². The Morgan fingerprint density at radius 1 is 1.50 bits per heavy atom. The fourth-order valence-corrected chi connectivity index (χ4v) is 3.51. The van der Waals surface area contributed by atoms with E-state index in [4.69, 9.17) is 17.0 Å². The number of nitrogens with zero attached hydrogens (tertiary/aromatic N) is 2. The Labute approximate surface area is 147 Å². The number of carbonyl (C=O) groups is 2. The minimum absolute atomic E-state index is 0.110. The summed E-state index contributed by atoms with van der Waals surface area (Å²) >= 11 is 6.16. The zero-order valence-electron chi connectivity index (χ0n) is 12.9. The maximum Gasteiger partial charge on any atom is 0.329 e. The van der Waals surface area contributed by atoms with Gasteiger partial charge in [-0.1, -0.05) is 36.1 Å². The molecular formula is C15H14N2O5S2. The summed E-state index contributed by atoms with van der Waals surface area (Å²) in [6, 6.07) is 5.23. The van der Waals surface area contributed by atoms with Crippen molar-refractivity contribution in [3.05, 3.63) is 44.8 Å². The van der Waals surface area contributed by atoms with E-state index in [1.165, 1.54) is 24.0 Å². The molecule has 0 saturated carbocycles. The molecule has 24 heavy (non-hydrogen) atoms. The van der Waals surface area contributed by atoms with Crippen molar-refractivity contribution >= 4 is 51.9 Å². The van der Waals surface area contributed by atoms with E-state index >= 15 is 0 Å². The van der Waals surface area contributed by atoms with E-state index in [2.05, 4.69) is 0 Å². The van der Waals surface area contributed by atoms with E-state index in [1.54, 1.807) is 25.1 Å². The van der Waals surface area contributed by atoms with Crippen molar-refractivity contribution in [2.75, 3.05) is 6.61 Å². The number of carbonyl (C=O) groups excluding carboxylic acids is 2. The SMILES string of the molecule is CCOC(=O)C(C)N1C(=O)/C(=C/c2ccccc2[N+](=O)[O-])SC1=S. The second kappa shape index (κ2) is 7.54. The number of benzene rings is 1. The summed E-state index contributed by atoms with van der Waals surface area (Å²) in [6.07, 6.45) is 1.41. The highest BCUT2D eigenvalue weighted by Crippen LogP contribution is 2.35. The van der Waals surface area contributed by atoms with Crippen LogP contribution in [-0.4, -0.2) is 38.7 Å². The zero-order chi connectivity index (χ0) is 17.9. The Balaban J connectivity index is 2.32. The summed E-state index contributed by atoms with van der Waals surface area (Å²) in [5.41, 5.74) is 0.188. The molecule has 7 nitrogen and oxygen atoms in total. The second-order valence-corrected chi connectivity index (χ2v) is 6.47. The van der Waals surface area contributed by atoms with Crippen LogP contribution in [0.15, 0.2) is 29.2 Å². The van der Waals surface area contributed by atoms with Crippen LogP contribution in [0.1, 0.15) is 19.4 Å². The van der Waals surface area contributed by atoms with Gasteiger partial charge in [0.2, 0.25) is 0 Å². The predicted molar refractivity (Wildman–Crippen MR) is 94.2 cm³/mol. The van der Waals surface area contributed by atoms with Crippen LogP contribution in [0, 0.1) is 10.1 Å². The van der Waals surface area contributed by atoms with Gasteiger partial charge in [-0.3, -0.25) is 19.8 Å². The standard InChI is InChI=1S/C15H14N2O5S2/c1-3-22-14(19)9(2)16-13(18)12(24-15(16)23)8-10-6-4-5-7-11(10)17(20)21/h4-9H,3H2,1-2H3/b12-8-. The largest absolute Gasteiger partial charge is 0.464 e. The van der Waals surface area contributed by atoms with Gasteiger partial charge in [-0.2, -0.15) is 0 Å². The Kier molecular flexibility index (Phi) is 5.68. The summed E-state index contributed by atoms with van der Waals surface area (Å²) in [5.74, 6) is -1.02. The van der Waals surface area contributed by atoms with Crippen LogP contribution in [0.3, 0.4) is 0 Å². The predicted octanol–water partition coefficient (Wildman–Crippen LogP) is 2.75. The first kappa shape index (κ1) is 18.1. The molecule has 0 spiro atoms. The molecule has 126 valence electrons. The number of amides is 1. The number of para-hydroxylation sites is 1. The summed E-state index contributed by atoms with van der Waals surface area (Å²) in [6.45, 7) is 3.39. The lowest BCUT2D eigenvalue weighted by Crippen LogP contribution is -2.42. The molecule has 1 aromatic rings. The maximum absolute atomic E-state index is 12.5. The van der Waals surface area contributed by atoms with Gasteiger partial charge in [0.1, 0.15) is 10.4 Å². The van der Waals surface area contributed by atoms with Crippen LogP contribution in [0.4, 0.5) is 5.69 Å². The number of hydrogen-bond donors (Lipinski definition) is 0. The van der Waals surface area contributed by atoms with Gasteiger partial charge >= 0.3 is 5.97 Å². The van der Waals surface area contributed by atoms with Crippen LogP contribution in [0.25, 0.3) is 6.08 Å². The molecule has 2 rings (SSSR count). The Morgan fingerprint density at radius 2 is 2.17 bits per heavy atom. The monoisotopic (exact) mass is 366 g/mol. The average molecular weight is 366 g/mol. The average Bonchev–Trinajstić information content (AvgIpc) is 2.81. The normalized spacial score (nSPS) is 17.2. The lowest BCUT2D eigenvalue weighted by molar-refractivity contribution is -0.385. The van der Waals surface area contributed by atoms with E-state index < -0.39 is 22.8 Å². The molecule has 1 fully saturated rings. The molecule has 0 aliphatic carbocycles. The lowest BCUT2D eigenvalue weighted by Gasteiger charge is -2.21. The number of rotatable bonds is 5. The van der Waals surface area contributed by atoms with Gasteiger partial charge in [-0.15, -0.1) is 0 Å². The van der Waals surface area contributed by atoms with Gasteiger partial charge < -0.3 is 4.74 Å². The third-order valence-corrected chi connectivity index (χ3v) is 4.59. The van der Waals surface area contributed by atoms with Crippen LogP contribution >= 0.6 is 24.0 Å². The molecule has 1 unspecified atom stereocenters. The molecule has 1 atom stereocenters. The molecule has 1 amide bonds. The van der Waals surface area contributed by atoms with Crippen molar-refractivity contribution in [3.63, 3.8) is 0 Å². The lowest BCUT2D eigenvalue weighted by atomic mass is 10.1. The van der Waals surface area contributed by atoms with Gasteiger partial charge in [0.05, 0.1) is 22.0 Å². The fourth-order valence-electron chi connectivity index (χ4n) is 2.10. The molecule has 1 aromatic carbocycles. The first-order chi connectivity index (χ1) is 11.4. The molecule has 1 aliphatic rings. The van der Waals surface area contributed by atoms with E-state index in [0.29, 0.717) is 5.56 Å². The highest BCUT2D eigenvalue weighted by atomic mass is 32.2. The van der Waals surface area contributed by atoms with Crippen LogP contribution in [0.2, 0.25) is 0 Å². The number of ether oxygens (including phenoxy) is 1. The number of thioether (sulfide) groups is 1. The summed E-state index contributed by atoms with van der Waals surface area (Å²) in [7, 11) is 0.